The van der Waals surface area contributed by atoms with Crippen LogP contribution in [-0.4, -0.2) is 84.1 Å². The molecule has 3 rings (SSSR count). The molecule has 1 aromatic rings. The Morgan fingerprint density at radius 1 is 1.32 bits per heavy atom. The first kappa shape index (κ1) is 23.1. The van der Waals surface area contributed by atoms with Crippen LogP contribution in [0.25, 0.3) is 0 Å². The van der Waals surface area contributed by atoms with E-state index in [2.05, 4.69) is 15.3 Å². The van der Waals surface area contributed by atoms with Crippen molar-refractivity contribution < 1.29 is 23.0 Å². The van der Waals surface area contributed by atoms with Gasteiger partial charge in [0.15, 0.2) is 5.82 Å². The lowest BCUT2D eigenvalue weighted by atomic mass is 10.1. The fourth-order valence-corrected chi connectivity index (χ4v) is 3.44. The Morgan fingerprint density at radius 2 is 2.00 bits per heavy atom. The van der Waals surface area contributed by atoms with E-state index in [4.69, 9.17) is 14.9 Å². The number of ether oxygens (including phenoxy) is 2. The molecule has 2 aliphatic rings. The lowest BCUT2D eigenvalue weighted by molar-refractivity contribution is -0.0981. The van der Waals surface area contributed by atoms with Crippen LogP contribution in [0.3, 0.4) is 0 Å². The van der Waals surface area contributed by atoms with Gasteiger partial charge in [0.05, 0.1) is 38.0 Å². The Morgan fingerprint density at radius 3 is 2.58 bits per heavy atom. The number of likely N-dealkylation sites (tertiary alicyclic amines) is 1. The molecule has 1 amide bonds. The van der Waals surface area contributed by atoms with Crippen molar-refractivity contribution in [3.8, 4) is 0 Å². The predicted octanol–water partition coefficient (Wildman–Crippen LogP) is 2.76. The van der Waals surface area contributed by atoms with Crippen LogP contribution in [-0.2, 0) is 9.47 Å². The van der Waals surface area contributed by atoms with E-state index in [9.17, 15) is 13.6 Å². The van der Waals surface area contributed by atoms with E-state index in [-0.39, 0.29) is 29.8 Å². The number of anilines is 2. The molecule has 0 aromatic carbocycles. The number of nitrogens with zero attached hydrogens (tertiary/aromatic N) is 4. The van der Waals surface area contributed by atoms with Gasteiger partial charge in [-0.25, -0.2) is 23.5 Å². The third kappa shape index (κ3) is 6.46. The maximum atomic E-state index is 12.5. The summed E-state index contributed by atoms with van der Waals surface area (Å²) in [7, 11) is 0. The van der Waals surface area contributed by atoms with Crippen molar-refractivity contribution in [3.05, 3.63) is 11.9 Å². The lowest BCUT2D eigenvalue weighted by Crippen LogP contribution is -2.57. The van der Waals surface area contributed by atoms with Crippen LogP contribution in [0.15, 0.2) is 6.20 Å². The average molecular weight is 440 g/mol. The van der Waals surface area contributed by atoms with Crippen LogP contribution in [0.1, 0.15) is 39.3 Å². The Bertz CT molecular complexity index is 775. The zero-order valence-corrected chi connectivity index (χ0v) is 18.1. The highest BCUT2D eigenvalue weighted by molar-refractivity contribution is 5.81. The van der Waals surface area contributed by atoms with Gasteiger partial charge in [-0.2, -0.15) is 0 Å². The van der Waals surface area contributed by atoms with E-state index >= 15 is 0 Å². The minimum atomic E-state index is -2.52. The molecule has 0 bridgehead atoms. The normalized spacial score (nSPS) is 18.1. The maximum absolute atomic E-state index is 12.5. The number of nitrogens with one attached hydrogen (secondary N) is 2. The maximum Gasteiger partial charge on any atom is 0.410 e. The number of rotatable bonds is 7. The average Bonchev–Trinajstić information content (AvgIpc) is 2.67. The summed E-state index contributed by atoms with van der Waals surface area (Å²) in [5.74, 6) is 0.767. The first-order valence-electron chi connectivity index (χ1n) is 10.4. The summed E-state index contributed by atoms with van der Waals surface area (Å²) in [6.07, 6.45) is 1.39. The van der Waals surface area contributed by atoms with Gasteiger partial charge < -0.3 is 30.0 Å². The SMILES string of the molecule is CC(C)(C)OC(=O)N1CC(OC2CCN(c3cnc(C=N)c(NCC(F)F)n3)CC2)C1. The molecule has 11 heteroatoms. The Hall–Kier alpha value is -2.56. The molecule has 3 heterocycles. The minimum Gasteiger partial charge on any atom is -0.444 e. The molecule has 0 spiro atoms. The molecule has 0 atom stereocenters. The van der Waals surface area contributed by atoms with Crippen LogP contribution >= 0.6 is 0 Å². The zero-order chi connectivity index (χ0) is 22.6. The third-order valence-corrected chi connectivity index (χ3v) is 5.00. The molecule has 2 N–H and O–H groups in total. The van der Waals surface area contributed by atoms with Crippen LogP contribution in [0.4, 0.5) is 25.2 Å². The van der Waals surface area contributed by atoms with E-state index in [1.165, 1.54) is 0 Å². The number of aromatic nitrogens is 2. The molecular weight excluding hydrogens is 410 g/mol. The van der Waals surface area contributed by atoms with Gasteiger partial charge in [-0.15, -0.1) is 0 Å². The number of hydrogen-bond acceptors (Lipinski definition) is 8. The standard InChI is InChI=1S/C20H30F2N6O3/c1-20(2,3)31-19(29)28-11-14(12-28)30-13-4-6-27(7-5-13)17-10-24-15(8-23)18(26-17)25-9-16(21)22/h8,10,13-14,16,23H,4-7,9,11-12H2,1-3H3,(H,25,26). The number of amides is 1. The molecule has 0 saturated carbocycles. The molecule has 2 aliphatic heterocycles. The molecule has 2 saturated heterocycles. The molecule has 0 radical (unpaired) electrons. The molecule has 1 aromatic heterocycles. The monoisotopic (exact) mass is 440 g/mol. The fourth-order valence-electron chi connectivity index (χ4n) is 3.44. The highest BCUT2D eigenvalue weighted by atomic mass is 19.3. The number of halogens is 2. The van der Waals surface area contributed by atoms with Crippen LogP contribution in [0, 0.1) is 5.41 Å². The van der Waals surface area contributed by atoms with Crippen molar-refractivity contribution >= 4 is 23.9 Å². The highest BCUT2D eigenvalue weighted by Crippen LogP contribution is 2.25. The summed E-state index contributed by atoms with van der Waals surface area (Å²) in [5, 5.41) is 9.92. The van der Waals surface area contributed by atoms with Crippen LogP contribution in [0.5, 0.6) is 0 Å². The summed E-state index contributed by atoms with van der Waals surface area (Å²) >= 11 is 0. The molecule has 9 nitrogen and oxygen atoms in total. The summed E-state index contributed by atoms with van der Waals surface area (Å²) in [4.78, 5) is 24.2. The second-order valence-corrected chi connectivity index (χ2v) is 8.71. The summed E-state index contributed by atoms with van der Waals surface area (Å²) in [6.45, 7) is 7.43. The van der Waals surface area contributed by atoms with Gasteiger partial charge in [0.2, 0.25) is 0 Å². The zero-order valence-electron chi connectivity index (χ0n) is 18.1. The molecule has 0 aliphatic carbocycles. The van der Waals surface area contributed by atoms with Gasteiger partial charge in [-0.05, 0) is 33.6 Å². The van der Waals surface area contributed by atoms with Crippen molar-refractivity contribution in [2.75, 3.05) is 42.9 Å². The number of carbonyl (C=O) groups is 1. The molecule has 31 heavy (non-hydrogen) atoms. The lowest BCUT2D eigenvalue weighted by Gasteiger charge is -2.42. The summed E-state index contributed by atoms with van der Waals surface area (Å²) < 4.78 is 36.5. The Kier molecular flexibility index (Phi) is 7.24. The molecule has 172 valence electrons. The van der Waals surface area contributed by atoms with E-state index < -0.39 is 18.6 Å². The quantitative estimate of drug-likeness (QED) is 0.629. The number of carbonyl (C=O) groups excluding carboxylic acids is 1. The fraction of sp³-hybridized carbons (Fsp3) is 0.700. The highest BCUT2D eigenvalue weighted by Gasteiger charge is 2.36. The van der Waals surface area contributed by atoms with Gasteiger partial charge in [0, 0.05) is 19.3 Å². The predicted molar refractivity (Wildman–Crippen MR) is 112 cm³/mol. The Labute approximate surface area is 180 Å². The number of alkyl halides is 2. The van der Waals surface area contributed by atoms with Crippen LogP contribution in [0.2, 0.25) is 0 Å². The summed E-state index contributed by atoms with van der Waals surface area (Å²) in [6, 6.07) is 0. The topological polar surface area (TPSA) is 104 Å². The van der Waals surface area contributed by atoms with Gasteiger partial charge in [0.1, 0.15) is 17.1 Å². The van der Waals surface area contributed by atoms with Gasteiger partial charge in [-0.3, -0.25) is 0 Å². The second-order valence-electron chi connectivity index (χ2n) is 8.71. The Balaban J connectivity index is 1.45. The van der Waals surface area contributed by atoms with Gasteiger partial charge in [-0.1, -0.05) is 0 Å². The van der Waals surface area contributed by atoms with Crippen molar-refractivity contribution in [1.29, 1.82) is 5.41 Å². The van der Waals surface area contributed by atoms with Crippen molar-refractivity contribution in [1.82, 2.24) is 14.9 Å². The summed E-state index contributed by atoms with van der Waals surface area (Å²) in [5.41, 5.74) is -0.285. The number of piperidine rings is 1. The molecule has 2 fully saturated rings. The van der Waals surface area contributed by atoms with E-state index in [0.717, 1.165) is 19.1 Å². The van der Waals surface area contributed by atoms with Gasteiger partial charge in [0.25, 0.3) is 6.43 Å². The third-order valence-electron chi connectivity index (χ3n) is 5.00. The van der Waals surface area contributed by atoms with E-state index in [0.29, 0.717) is 32.0 Å². The largest absolute Gasteiger partial charge is 0.444 e. The molecular formula is C20H30F2N6O3. The van der Waals surface area contributed by atoms with Crippen molar-refractivity contribution in [2.24, 2.45) is 0 Å². The van der Waals surface area contributed by atoms with Crippen molar-refractivity contribution in [3.63, 3.8) is 0 Å². The first-order chi connectivity index (χ1) is 14.6. The number of hydrogen-bond donors (Lipinski definition) is 2. The van der Waals surface area contributed by atoms with E-state index in [1.807, 2.05) is 25.7 Å². The van der Waals surface area contributed by atoms with Crippen molar-refractivity contribution in [2.45, 2.75) is 57.8 Å². The first-order valence-corrected chi connectivity index (χ1v) is 10.4. The second kappa shape index (κ2) is 9.71. The van der Waals surface area contributed by atoms with Gasteiger partial charge >= 0.3 is 6.09 Å². The van der Waals surface area contributed by atoms with E-state index in [1.54, 1.807) is 11.1 Å². The smallest absolute Gasteiger partial charge is 0.410 e. The van der Waals surface area contributed by atoms with Crippen LogP contribution < -0.4 is 10.2 Å². The molecule has 0 unspecified atom stereocenters. The minimum absolute atomic E-state index is 0.0147.